The van der Waals surface area contributed by atoms with Crippen molar-refractivity contribution >= 4 is 5.91 Å². The number of nitrogens with zero attached hydrogens (tertiary/aromatic N) is 1. The fourth-order valence-electron chi connectivity index (χ4n) is 5.16. The molecule has 0 aromatic rings. The van der Waals surface area contributed by atoms with Crippen molar-refractivity contribution in [2.75, 3.05) is 32.8 Å². The van der Waals surface area contributed by atoms with Gasteiger partial charge in [-0.2, -0.15) is 5.48 Å². The number of piperidine rings is 2. The average molecular weight is 381 g/mol. The van der Waals surface area contributed by atoms with E-state index < -0.39 is 0 Å². The third-order valence-electron chi connectivity index (χ3n) is 6.92. The lowest BCUT2D eigenvalue weighted by atomic mass is 9.84. The van der Waals surface area contributed by atoms with E-state index in [-0.39, 0.29) is 24.2 Å². The molecule has 0 spiro atoms. The normalized spacial score (nSPS) is 38.6. The summed E-state index contributed by atoms with van der Waals surface area (Å²) in [6.45, 7) is 8.57. The maximum Gasteiger partial charge on any atom is 0.225 e. The highest BCUT2D eigenvalue weighted by Gasteiger charge is 2.40. The van der Waals surface area contributed by atoms with Crippen LogP contribution in [-0.4, -0.2) is 62.1 Å². The van der Waals surface area contributed by atoms with Crippen LogP contribution < -0.4 is 16.1 Å². The second kappa shape index (κ2) is 8.74. The Hall–Kier alpha value is -0.730. The summed E-state index contributed by atoms with van der Waals surface area (Å²) in [5, 5.41) is 7.40. The summed E-state index contributed by atoms with van der Waals surface area (Å²) in [4.78, 5) is 20.2. The first kappa shape index (κ1) is 19.6. The Morgan fingerprint density at radius 3 is 2.59 bits per heavy atom. The number of carbonyl (C=O) groups is 1. The quantitative estimate of drug-likeness (QED) is 0.677. The lowest BCUT2D eigenvalue weighted by Crippen LogP contribution is -2.50. The number of rotatable bonds is 4. The zero-order chi connectivity index (χ0) is 18.8. The van der Waals surface area contributed by atoms with Gasteiger partial charge in [-0.05, 0) is 50.5 Å². The molecular weight excluding hydrogens is 344 g/mol. The van der Waals surface area contributed by atoms with Crippen molar-refractivity contribution in [2.45, 2.75) is 64.4 Å². The minimum atomic E-state index is 0.0927. The summed E-state index contributed by atoms with van der Waals surface area (Å²) in [7, 11) is 0. The Balaban J connectivity index is 1.25. The van der Waals surface area contributed by atoms with E-state index in [0.717, 1.165) is 58.5 Å². The van der Waals surface area contributed by atoms with Gasteiger partial charge >= 0.3 is 0 Å². The lowest BCUT2D eigenvalue weighted by Gasteiger charge is -2.36. The van der Waals surface area contributed by atoms with Gasteiger partial charge in [0.15, 0.2) is 0 Å². The minimum Gasteiger partial charge on any atom is -0.381 e. The van der Waals surface area contributed by atoms with E-state index in [4.69, 9.17) is 9.57 Å². The molecule has 5 atom stereocenters. The molecule has 7 nitrogen and oxygen atoms in total. The summed E-state index contributed by atoms with van der Waals surface area (Å²) in [5.74, 6) is 2.09. The highest BCUT2D eigenvalue weighted by atomic mass is 16.7. The summed E-state index contributed by atoms with van der Waals surface area (Å²) in [6, 6.07) is 0.556. The van der Waals surface area contributed by atoms with Gasteiger partial charge in [0.05, 0.1) is 12.8 Å². The molecule has 0 aliphatic carbocycles. The highest BCUT2D eigenvalue weighted by Crippen LogP contribution is 2.31. The topological polar surface area (TPSA) is 74.9 Å². The molecule has 5 unspecified atom stereocenters. The van der Waals surface area contributed by atoms with Crippen LogP contribution in [0, 0.1) is 23.7 Å². The molecule has 4 heterocycles. The van der Waals surface area contributed by atoms with Crippen molar-refractivity contribution in [3.8, 4) is 0 Å². The maximum atomic E-state index is 12.2. The van der Waals surface area contributed by atoms with Crippen LogP contribution in [-0.2, 0) is 14.4 Å². The molecule has 0 aromatic heterocycles. The van der Waals surface area contributed by atoms with E-state index in [1.165, 1.54) is 6.42 Å². The van der Waals surface area contributed by atoms with E-state index in [0.29, 0.717) is 23.8 Å². The Kier molecular flexibility index (Phi) is 6.34. The average Bonchev–Trinajstić information content (AvgIpc) is 3.40. The van der Waals surface area contributed by atoms with Crippen LogP contribution in [0.4, 0.5) is 0 Å². The number of hydrogen-bond donors (Lipinski definition) is 3. The van der Waals surface area contributed by atoms with Crippen LogP contribution in [0.1, 0.15) is 46.0 Å². The van der Waals surface area contributed by atoms with Crippen molar-refractivity contribution in [3.63, 3.8) is 0 Å². The Labute approximate surface area is 162 Å². The molecule has 7 heteroatoms. The van der Waals surface area contributed by atoms with E-state index >= 15 is 0 Å². The zero-order valence-electron chi connectivity index (χ0n) is 16.8. The lowest BCUT2D eigenvalue weighted by molar-refractivity contribution is -0.136. The van der Waals surface area contributed by atoms with Gasteiger partial charge in [-0.1, -0.05) is 13.8 Å². The first-order valence-corrected chi connectivity index (χ1v) is 10.9. The van der Waals surface area contributed by atoms with Gasteiger partial charge in [0.25, 0.3) is 0 Å². The summed E-state index contributed by atoms with van der Waals surface area (Å²) in [5.41, 5.74) is 3.27. The molecular formula is C20H36N4O3. The van der Waals surface area contributed by atoms with Crippen molar-refractivity contribution < 1.29 is 14.4 Å². The molecule has 4 saturated heterocycles. The number of hydroxylamine groups is 1. The highest BCUT2D eigenvalue weighted by molar-refractivity contribution is 5.78. The van der Waals surface area contributed by atoms with Gasteiger partial charge < -0.3 is 15.0 Å². The molecule has 27 heavy (non-hydrogen) atoms. The molecule has 0 aromatic carbocycles. The Morgan fingerprint density at radius 1 is 1.07 bits per heavy atom. The molecule has 0 bridgehead atoms. The Morgan fingerprint density at radius 2 is 1.89 bits per heavy atom. The molecule has 4 aliphatic heterocycles. The monoisotopic (exact) mass is 380 g/mol. The predicted molar refractivity (Wildman–Crippen MR) is 103 cm³/mol. The van der Waals surface area contributed by atoms with Crippen LogP contribution in [0.2, 0.25) is 0 Å². The fraction of sp³-hybridized carbons (Fsp3) is 0.950. The largest absolute Gasteiger partial charge is 0.381 e. The van der Waals surface area contributed by atoms with E-state index in [1.54, 1.807) is 0 Å². The van der Waals surface area contributed by atoms with Crippen LogP contribution in [0.3, 0.4) is 0 Å². The zero-order valence-corrected chi connectivity index (χ0v) is 16.8. The van der Waals surface area contributed by atoms with Crippen molar-refractivity contribution in [1.82, 2.24) is 21.0 Å². The van der Waals surface area contributed by atoms with Gasteiger partial charge in [0.1, 0.15) is 6.23 Å². The van der Waals surface area contributed by atoms with E-state index in [2.05, 4.69) is 16.1 Å². The second-order valence-corrected chi connectivity index (χ2v) is 9.09. The molecule has 4 aliphatic rings. The van der Waals surface area contributed by atoms with Gasteiger partial charge in [0.2, 0.25) is 5.91 Å². The number of carbonyl (C=O) groups excluding carboxylic acids is 1. The first-order chi connectivity index (χ1) is 13.1. The van der Waals surface area contributed by atoms with Gasteiger partial charge in [0, 0.05) is 37.6 Å². The SMILES string of the molecule is CC(C)C(=O)N1CCC(C2NOC(C3CCNC(C4CCOC4)C3)N2)CC1. The van der Waals surface area contributed by atoms with Crippen LogP contribution in [0.5, 0.6) is 0 Å². The van der Waals surface area contributed by atoms with Crippen molar-refractivity contribution in [3.05, 3.63) is 0 Å². The number of ether oxygens (including phenoxy) is 1. The van der Waals surface area contributed by atoms with Gasteiger partial charge in [-0.3, -0.25) is 14.9 Å². The molecule has 4 fully saturated rings. The van der Waals surface area contributed by atoms with Crippen LogP contribution in [0.15, 0.2) is 0 Å². The summed E-state index contributed by atoms with van der Waals surface area (Å²) in [6.07, 6.45) is 5.85. The van der Waals surface area contributed by atoms with Gasteiger partial charge in [-0.25, -0.2) is 0 Å². The van der Waals surface area contributed by atoms with Crippen molar-refractivity contribution in [2.24, 2.45) is 23.7 Å². The van der Waals surface area contributed by atoms with Gasteiger partial charge in [-0.15, -0.1) is 0 Å². The molecule has 154 valence electrons. The molecule has 3 N–H and O–H groups in total. The number of nitrogens with one attached hydrogen (secondary N) is 3. The standard InChI is InChI=1S/C20H36N4O3/c1-13(2)20(25)24-8-4-14(5-9-24)18-22-19(27-23-18)15-3-7-21-17(11-15)16-6-10-26-12-16/h13-19,21-23H,3-12H2,1-2H3. The summed E-state index contributed by atoms with van der Waals surface area (Å²) >= 11 is 0. The number of likely N-dealkylation sites (tertiary alicyclic amines) is 1. The minimum absolute atomic E-state index is 0.0927. The fourth-order valence-corrected chi connectivity index (χ4v) is 5.16. The molecule has 4 rings (SSSR count). The van der Waals surface area contributed by atoms with Crippen LogP contribution >= 0.6 is 0 Å². The van der Waals surface area contributed by atoms with E-state index in [1.807, 2.05) is 18.7 Å². The number of hydrogen-bond acceptors (Lipinski definition) is 6. The van der Waals surface area contributed by atoms with Crippen LogP contribution in [0.25, 0.3) is 0 Å². The van der Waals surface area contributed by atoms with Crippen molar-refractivity contribution in [1.29, 1.82) is 0 Å². The molecule has 1 amide bonds. The smallest absolute Gasteiger partial charge is 0.225 e. The Bertz CT molecular complexity index is 503. The molecule has 0 radical (unpaired) electrons. The predicted octanol–water partition coefficient (Wildman–Crippen LogP) is 1.06. The third-order valence-corrected chi connectivity index (χ3v) is 6.92. The third kappa shape index (κ3) is 4.48. The number of amides is 1. The molecule has 0 saturated carbocycles. The summed E-state index contributed by atoms with van der Waals surface area (Å²) < 4.78 is 5.58. The first-order valence-electron chi connectivity index (χ1n) is 10.9. The van der Waals surface area contributed by atoms with E-state index in [9.17, 15) is 4.79 Å². The second-order valence-electron chi connectivity index (χ2n) is 9.09. The maximum absolute atomic E-state index is 12.2.